The number of hydrogen-bond donors (Lipinski definition) is 2. The molecule has 4 atom stereocenters. The number of fused-ring (bicyclic) bond motifs is 2. The molecule has 128 valence electrons. The molecular weight excluding hydrogens is 298 g/mol. The number of phenols is 1. The van der Waals surface area contributed by atoms with Crippen LogP contribution in [0, 0.1) is 5.92 Å². The SMILES string of the molecule is Oc1ccc2c(c1)C13CCCCC1(O)C1N(CC4CCC4)CC21C3. The number of rotatable bonds is 2. The molecule has 5 aliphatic rings. The molecule has 4 unspecified atom stereocenters. The molecule has 3 saturated carbocycles. The van der Waals surface area contributed by atoms with E-state index in [-0.39, 0.29) is 10.8 Å². The summed E-state index contributed by atoms with van der Waals surface area (Å²) in [7, 11) is 0. The summed E-state index contributed by atoms with van der Waals surface area (Å²) in [5.41, 5.74) is 2.21. The first-order valence-electron chi connectivity index (χ1n) is 9.90. The van der Waals surface area contributed by atoms with Crippen molar-refractivity contribution in [2.24, 2.45) is 5.92 Å². The van der Waals surface area contributed by atoms with Crippen LogP contribution in [0.15, 0.2) is 18.2 Å². The summed E-state index contributed by atoms with van der Waals surface area (Å²) in [6, 6.07) is 6.33. The number of benzene rings is 1. The number of hydrogen-bond acceptors (Lipinski definition) is 3. The van der Waals surface area contributed by atoms with E-state index >= 15 is 0 Å². The first kappa shape index (κ1) is 14.1. The van der Waals surface area contributed by atoms with Crippen LogP contribution in [0.25, 0.3) is 0 Å². The lowest BCUT2D eigenvalue weighted by molar-refractivity contribution is -0.151. The minimum Gasteiger partial charge on any atom is -0.508 e. The van der Waals surface area contributed by atoms with E-state index in [2.05, 4.69) is 11.0 Å². The van der Waals surface area contributed by atoms with Crippen molar-refractivity contribution in [2.75, 3.05) is 13.1 Å². The topological polar surface area (TPSA) is 43.7 Å². The van der Waals surface area contributed by atoms with Crippen LogP contribution in [0.5, 0.6) is 5.75 Å². The van der Waals surface area contributed by atoms with Gasteiger partial charge in [-0.2, -0.15) is 0 Å². The molecule has 4 fully saturated rings. The Morgan fingerprint density at radius 2 is 1.92 bits per heavy atom. The Kier molecular flexibility index (Phi) is 2.47. The maximum absolute atomic E-state index is 12.0. The van der Waals surface area contributed by atoms with Crippen molar-refractivity contribution >= 4 is 0 Å². The minimum absolute atomic E-state index is 0.0989. The van der Waals surface area contributed by atoms with Crippen LogP contribution in [0.4, 0.5) is 0 Å². The molecular formula is C21H27NO2. The number of aromatic hydroxyl groups is 1. The normalized spacial score (nSPS) is 46.0. The predicted octanol–water partition coefficient (Wildman–Crippen LogP) is 3.07. The van der Waals surface area contributed by atoms with E-state index in [1.807, 2.05) is 12.1 Å². The lowest BCUT2D eigenvalue weighted by Gasteiger charge is -2.63. The summed E-state index contributed by atoms with van der Waals surface area (Å²) < 4.78 is 0. The standard InChI is InChI=1S/C21H27NO2/c23-15-6-7-16-17(10-15)20-8-1-2-9-21(20,24)18-19(16,12-20)13-22(18)11-14-4-3-5-14/h6-7,10,14,18,23-24H,1-5,8-9,11-13H2. The summed E-state index contributed by atoms with van der Waals surface area (Å²) in [4.78, 5) is 2.63. The van der Waals surface area contributed by atoms with Crippen LogP contribution in [0.2, 0.25) is 0 Å². The molecule has 1 aromatic carbocycles. The highest BCUT2D eigenvalue weighted by molar-refractivity contribution is 5.60. The van der Waals surface area contributed by atoms with Gasteiger partial charge in [0.15, 0.2) is 0 Å². The van der Waals surface area contributed by atoms with Gasteiger partial charge in [0.25, 0.3) is 0 Å². The zero-order valence-corrected chi connectivity index (χ0v) is 14.3. The molecule has 1 aliphatic heterocycles. The maximum Gasteiger partial charge on any atom is 0.115 e. The van der Waals surface area contributed by atoms with Crippen molar-refractivity contribution in [3.05, 3.63) is 29.3 Å². The van der Waals surface area contributed by atoms with E-state index in [0.717, 1.165) is 38.1 Å². The van der Waals surface area contributed by atoms with E-state index in [4.69, 9.17) is 0 Å². The molecule has 0 radical (unpaired) electrons. The van der Waals surface area contributed by atoms with Crippen molar-refractivity contribution in [3.63, 3.8) is 0 Å². The molecule has 3 heteroatoms. The van der Waals surface area contributed by atoms with Gasteiger partial charge in [0.1, 0.15) is 5.75 Å². The third-order valence-electron chi connectivity index (χ3n) is 8.46. The number of nitrogens with zero attached hydrogens (tertiary/aromatic N) is 1. The van der Waals surface area contributed by atoms with Gasteiger partial charge in [-0.15, -0.1) is 0 Å². The Hall–Kier alpha value is -1.06. The van der Waals surface area contributed by atoms with Crippen molar-refractivity contribution < 1.29 is 10.2 Å². The molecule has 0 amide bonds. The van der Waals surface area contributed by atoms with Crippen molar-refractivity contribution in [3.8, 4) is 5.75 Å². The van der Waals surface area contributed by atoms with E-state index < -0.39 is 5.60 Å². The second kappa shape index (κ2) is 4.19. The molecule has 2 spiro atoms. The largest absolute Gasteiger partial charge is 0.508 e. The molecule has 6 rings (SSSR count). The first-order valence-corrected chi connectivity index (χ1v) is 9.90. The molecule has 0 aromatic heterocycles. The zero-order valence-electron chi connectivity index (χ0n) is 14.3. The van der Waals surface area contributed by atoms with Gasteiger partial charge in [0, 0.05) is 23.9 Å². The average Bonchev–Trinajstić information content (AvgIpc) is 2.87. The van der Waals surface area contributed by atoms with Crippen LogP contribution in [-0.2, 0) is 10.8 Å². The molecule has 1 aromatic rings. The van der Waals surface area contributed by atoms with Crippen molar-refractivity contribution in [2.45, 2.75) is 73.8 Å². The van der Waals surface area contributed by atoms with Gasteiger partial charge in [-0.05, 0) is 61.3 Å². The van der Waals surface area contributed by atoms with E-state index in [1.165, 1.54) is 43.4 Å². The van der Waals surface area contributed by atoms with Crippen molar-refractivity contribution in [1.82, 2.24) is 4.90 Å². The Labute approximate surface area is 143 Å². The third kappa shape index (κ3) is 1.34. The van der Waals surface area contributed by atoms with Crippen LogP contribution in [0.1, 0.15) is 62.5 Å². The lowest BCUT2D eigenvalue weighted by atomic mass is 9.55. The van der Waals surface area contributed by atoms with E-state index in [9.17, 15) is 10.2 Å². The molecule has 24 heavy (non-hydrogen) atoms. The van der Waals surface area contributed by atoms with Crippen LogP contribution in [0.3, 0.4) is 0 Å². The quantitative estimate of drug-likeness (QED) is 0.878. The minimum atomic E-state index is -0.575. The molecule has 4 aliphatic carbocycles. The fraction of sp³-hybridized carbons (Fsp3) is 0.714. The molecule has 1 saturated heterocycles. The summed E-state index contributed by atoms with van der Waals surface area (Å²) in [6.45, 7) is 2.31. The molecule has 3 nitrogen and oxygen atoms in total. The molecule has 1 heterocycles. The molecule has 2 N–H and O–H groups in total. The highest BCUT2D eigenvalue weighted by Crippen LogP contribution is 2.74. The summed E-state index contributed by atoms with van der Waals surface area (Å²) >= 11 is 0. The maximum atomic E-state index is 12.0. The Bertz CT molecular complexity index is 729. The monoisotopic (exact) mass is 325 g/mol. The van der Waals surface area contributed by atoms with Gasteiger partial charge in [-0.25, -0.2) is 0 Å². The highest BCUT2D eigenvalue weighted by atomic mass is 16.3. The highest BCUT2D eigenvalue weighted by Gasteiger charge is 2.80. The van der Waals surface area contributed by atoms with Gasteiger partial charge < -0.3 is 10.2 Å². The van der Waals surface area contributed by atoms with Crippen molar-refractivity contribution in [1.29, 1.82) is 0 Å². The number of likely N-dealkylation sites (tertiary alicyclic amines) is 1. The number of aliphatic hydroxyl groups is 1. The second-order valence-corrected chi connectivity index (χ2v) is 9.41. The first-order chi connectivity index (χ1) is 11.6. The van der Waals surface area contributed by atoms with Gasteiger partial charge in [-0.1, -0.05) is 25.3 Å². The van der Waals surface area contributed by atoms with Gasteiger partial charge in [0.05, 0.1) is 11.6 Å². The fourth-order valence-electron chi connectivity index (χ4n) is 7.47. The van der Waals surface area contributed by atoms with Gasteiger partial charge in [0.2, 0.25) is 0 Å². The second-order valence-electron chi connectivity index (χ2n) is 9.41. The molecule has 2 bridgehead atoms. The summed E-state index contributed by atoms with van der Waals surface area (Å²) in [5.74, 6) is 1.23. The Balaban J connectivity index is 1.49. The fourth-order valence-corrected chi connectivity index (χ4v) is 7.47. The Morgan fingerprint density at radius 3 is 2.71 bits per heavy atom. The van der Waals surface area contributed by atoms with Crippen LogP contribution >= 0.6 is 0 Å². The lowest BCUT2D eigenvalue weighted by Crippen LogP contribution is -2.75. The summed E-state index contributed by atoms with van der Waals surface area (Å²) in [5, 5.41) is 22.0. The van der Waals surface area contributed by atoms with Gasteiger partial charge in [-0.3, -0.25) is 4.90 Å². The number of phenolic OH excluding ortho intramolecular Hbond substituents is 1. The van der Waals surface area contributed by atoms with E-state index in [0.29, 0.717) is 11.8 Å². The predicted molar refractivity (Wildman–Crippen MR) is 92.2 cm³/mol. The summed E-state index contributed by atoms with van der Waals surface area (Å²) in [6.07, 6.45) is 9.66. The Morgan fingerprint density at radius 1 is 1.08 bits per heavy atom. The van der Waals surface area contributed by atoms with Crippen LogP contribution < -0.4 is 0 Å². The van der Waals surface area contributed by atoms with E-state index in [1.54, 1.807) is 0 Å². The van der Waals surface area contributed by atoms with Gasteiger partial charge >= 0.3 is 0 Å². The van der Waals surface area contributed by atoms with Crippen LogP contribution in [-0.4, -0.2) is 39.8 Å². The zero-order chi connectivity index (χ0) is 16.2. The average molecular weight is 325 g/mol. The third-order valence-corrected chi connectivity index (χ3v) is 8.46. The smallest absolute Gasteiger partial charge is 0.115 e.